The molecule has 1 N–H and O–H groups in total. The van der Waals surface area contributed by atoms with Gasteiger partial charge in [-0.15, -0.1) is 0 Å². The number of rotatable bonds is 6. The Bertz CT molecular complexity index is 581. The van der Waals surface area contributed by atoms with Crippen LogP contribution in [0.5, 0.6) is 11.5 Å². The van der Waals surface area contributed by atoms with E-state index in [0.717, 1.165) is 11.3 Å². The molecule has 5 heteroatoms. The third kappa shape index (κ3) is 4.80. The van der Waals surface area contributed by atoms with E-state index in [-0.39, 0.29) is 18.3 Å². The fourth-order valence-electron chi connectivity index (χ4n) is 1.67. The second-order valence-electron chi connectivity index (χ2n) is 4.37. The van der Waals surface area contributed by atoms with Crippen molar-refractivity contribution in [1.29, 1.82) is 0 Å². The Morgan fingerprint density at radius 1 is 1.05 bits per heavy atom. The highest BCUT2D eigenvalue weighted by Gasteiger charge is 2.03. The van der Waals surface area contributed by atoms with Crippen molar-refractivity contribution in [3.63, 3.8) is 0 Å². The van der Waals surface area contributed by atoms with Gasteiger partial charge in [0, 0.05) is 6.54 Å². The lowest BCUT2D eigenvalue weighted by Crippen LogP contribution is -2.28. The summed E-state index contributed by atoms with van der Waals surface area (Å²) in [6.07, 6.45) is 0. The maximum atomic E-state index is 12.7. The van der Waals surface area contributed by atoms with Gasteiger partial charge in [0.1, 0.15) is 17.3 Å². The van der Waals surface area contributed by atoms with Crippen LogP contribution in [0.3, 0.4) is 0 Å². The monoisotopic (exact) mass is 289 g/mol. The molecule has 0 saturated carbocycles. The van der Waals surface area contributed by atoms with E-state index in [1.807, 2.05) is 0 Å². The van der Waals surface area contributed by atoms with Crippen LogP contribution in [-0.4, -0.2) is 19.6 Å². The highest BCUT2D eigenvalue weighted by molar-refractivity contribution is 5.77. The molecule has 1 amide bonds. The fraction of sp³-hybridized carbons (Fsp3) is 0.188. The number of carbonyl (C=O) groups excluding carboxylic acids is 1. The Morgan fingerprint density at radius 3 is 2.29 bits per heavy atom. The molecular formula is C16H16FNO3. The number of amides is 1. The Morgan fingerprint density at radius 2 is 1.67 bits per heavy atom. The number of nitrogens with one attached hydrogen (secondary N) is 1. The van der Waals surface area contributed by atoms with E-state index < -0.39 is 0 Å². The molecule has 0 fully saturated rings. The summed E-state index contributed by atoms with van der Waals surface area (Å²) in [5, 5.41) is 2.70. The van der Waals surface area contributed by atoms with Crippen LogP contribution in [0.2, 0.25) is 0 Å². The van der Waals surface area contributed by atoms with Crippen LogP contribution >= 0.6 is 0 Å². The normalized spacial score (nSPS) is 10.0. The van der Waals surface area contributed by atoms with Crippen molar-refractivity contribution < 1.29 is 18.7 Å². The van der Waals surface area contributed by atoms with Gasteiger partial charge in [0.15, 0.2) is 6.61 Å². The van der Waals surface area contributed by atoms with Crippen molar-refractivity contribution in [2.24, 2.45) is 0 Å². The standard InChI is InChI=1S/C16H16FNO3/c1-20-14-6-8-15(9-7-14)21-11-16(19)18-10-12-2-4-13(17)5-3-12/h2-9H,10-11H2,1H3,(H,18,19). The molecule has 0 aliphatic rings. The fourth-order valence-corrected chi connectivity index (χ4v) is 1.67. The van der Waals surface area contributed by atoms with Crippen LogP contribution in [0.15, 0.2) is 48.5 Å². The Labute approximate surface area is 122 Å². The SMILES string of the molecule is COc1ccc(OCC(=O)NCc2ccc(F)cc2)cc1. The number of methoxy groups -OCH3 is 1. The molecule has 0 radical (unpaired) electrons. The lowest BCUT2D eigenvalue weighted by molar-refractivity contribution is -0.123. The molecule has 0 atom stereocenters. The average Bonchev–Trinajstić information content (AvgIpc) is 2.53. The zero-order chi connectivity index (χ0) is 15.1. The summed E-state index contributed by atoms with van der Waals surface area (Å²) in [7, 11) is 1.58. The summed E-state index contributed by atoms with van der Waals surface area (Å²) < 4.78 is 23.1. The predicted octanol–water partition coefficient (Wildman–Crippen LogP) is 2.53. The van der Waals surface area contributed by atoms with Gasteiger partial charge in [-0.1, -0.05) is 12.1 Å². The zero-order valence-corrected chi connectivity index (χ0v) is 11.6. The first-order valence-electron chi connectivity index (χ1n) is 6.45. The van der Waals surface area contributed by atoms with E-state index >= 15 is 0 Å². The maximum Gasteiger partial charge on any atom is 0.258 e. The molecule has 21 heavy (non-hydrogen) atoms. The van der Waals surface area contributed by atoms with Crippen LogP contribution in [0.25, 0.3) is 0 Å². The summed E-state index contributed by atoms with van der Waals surface area (Å²) >= 11 is 0. The molecule has 2 aromatic carbocycles. The number of halogens is 1. The third-order valence-electron chi connectivity index (χ3n) is 2.83. The zero-order valence-electron chi connectivity index (χ0n) is 11.6. The van der Waals surface area contributed by atoms with Crippen molar-refractivity contribution in [2.45, 2.75) is 6.54 Å². The van der Waals surface area contributed by atoms with Gasteiger partial charge in [-0.2, -0.15) is 0 Å². The van der Waals surface area contributed by atoms with Crippen molar-refractivity contribution in [3.05, 3.63) is 59.9 Å². The summed E-state index contributed by atoms with van der Waals surface area (Å²) in [6, 6.07) is 12.9. The molecule has 110 valence electrons. The molecule has 0 spiro atoms. The number of carbonyl (C=O) groups is 1. The van der Waals surface area contributed by atoms with Gasteiger partial charge >= 0.3 is 0 Å². The minimum atomic E-state index is -0.298. The summed E-state index contributed by atoms with van der Waals surface area (Å²) in [5.41, 5.74) is 0.828. The Balaban J connectivity index is 1.75. The van der Waals surface area contributed by atoms with Crippen LogP contribution in [0.4, 0.5) is 4.39 Å². The van der Waals surface area contributed by atoms with Crippen molar-refractivity contribution in [1.82, 2.24) is 5.32 Å². The number of ether oxygens (including phenoxy) is 2. The lowest BCUT2D eigenvalue weighted by Gasteiger charge is -2.08. The van der Waals surface area contributed by atoms with E-state index in [4.69, 9.17) is 9.47 Å². The predicted molar refractivity (Wildman–Crippen MR) is 76.7 cm³/mol. The van der Waals surface area contributed by atoms with Gasteiger partial charge in [0.25, 0.3) is 5.91 Å². The molecule has 0 aliphatic heterocycles. The third-order valence-corrected chi connectivity index (χ3v) is 2.83. The van der Waals surface area contributed by atoms with E-state index in [0.29, 0.717) is 12.3 Å². The first-order valence-corrected chi connectivity index (χ1v) is 6.45. The molecule has 2 aromatic rings. The van der Waals surface area contributed by atoms with Gasteiger partial charge in [0.05, 0.1) is 7.11 Å². The van der Waals surface area contributed by atoms with E-state index in [1.165, 1.54) is 12.1 Å². The van der Waals surface area contributed by atoms with Gasteiger partial charge in [0.2, 0.25) is 0 Å². The minimum absolute atomic E-state index is 0.0759. The lowest BCUT2D eigenvalue weighted by atomic mass is 10.2. The van der Waals surface area contributed by atoms with Gasteiger partial charge in [-0.05, 0) is 42.0 Å². The summed E-state index contributed by atoms with van der Waals surface area (Å²) in [6.45, 7) is 0.263. The Hall–Kier alpha value is -2.56. The highest BCUT2D eigenvalue weighted by Crippen LogP contribution is 2.16. The molecule has 0 saturated heterocycles. The second kappa shape index (κ2) is 7.28. The van der Waals surface area contributed by atoms with Crippen LogP contribution in [-0.2, 0) is 11.3 Å². The molecule has 2 rings (SSSR count). The van der Waals surface area contributed by atoms with E-state index in [2.05, 4.69) is 5.32 Å². The molecule has 4 nitrogen and oxygen atoms in total. The van der Waals surface area contributed by atoms with E-state index in [1.54, 1.807) is 43.5 Å². The quantitative estimate of drug-likeness (QED) is 0.889. The molecule has 0 unspecified atom stereocenters. The molecule has 0 aliphatic carbocycles. The van der Waals surface area contributed by atoms with Crippen molar-refractivity contribution in [2.75, 3.05) is 13.7 Å². The van der Waals surface area contributed by atoms with Crippen LogP contribution < -0.4 is 14.8 Å². The topological polar surface area (TPSA) is 47.6 Å². The number of hydrogen-bond donors (Lipinski definition) is 1. The number of hydrogen-bond acceptors (Lipinski definition) is 3. The van der Waals surface area contributed by atoms with Gasteiger partial charge in [-0.25, -0.2) is 4.39 Å². The summed E-state index contributed by atoms with van der Waals surface area (Å²) in [4.78, 5) is 11.6. The maximum absolute atomic E-state index is 12.7. The molecule has 0 aromatic heterocycles. The Kier molecular flexibility index (Phi) is 5.15. The first kappa shape index (κ1) is 14.8. The van der Waals surface area contributed by atoms with Crippen molar-refractivity contribution in [3.8, 4) is 11.5 Å². The van der Waals surface area contributed by atoms with E-state index in [9.17, 15) is 9.18 Å². The van der Waals surface area contributed by atoms with Gasteiger partial charge in [-0.3, -0.25) is 4.79 Å². The average molecular weight is 289 g/mol. The largest absolute Gasteiger partial charge is 0.497 e. The molecular weight excluding hydrogens is 273 g/mol. The van der Waals surface area contributed by atoms with Crippen LogP contribution in [0, 0.1) is 5.82 Å². The molecule has 0 heterocycles. The summed E-state index contributed by atoms with van der Waals surface area (Å²) in [5.74, 6) is 0.777. The minimum Gasteiger partial charge on any atom is -0.497 e. The first-order chi connectivity index (χ1) is 10.2. The van der Waals surface area contributed by atoms with Crippen LogP contribution in [0.1, 0.15) is 5.56 Å². The number of benzene rings is 2. The molecule has 0 bridgehead atoms. The highest BCUT2D eigenvalue weighted by atomic mass is 19.1. The van der Waals surface area contributed by atoms with Crippen molar-refractivity contribution >= 4 is 5.91 Å². The second-order valence-corrected chi connectivity index (χ2v) is 4.37. The van der Waals surface area contributed by atoms with Gasteiger partial charge < -0.3 is 14.8 Å². The smallest absolute Gasteiger partial charge is 0.258 e.